The van der Waals surface area contributed by atoms with Crippen LogP contribution in [0, 0.1) is 22.7 Å². The van der Waals surface area contributed by atoms with Gasteiger partial charge >= 0.3 is 5.97 Å². The Morgan fingerprint density at radius 2 is 1.91 bits per heavy atom. The number of ether oxygens (including phenoxy) is 1. The minimum Gasteiger partial charge on any atom is -0.469 e. The molecular formula is C18H28O4. The molecule has 0 aromatic rings. The van der Waals surface area contributed by atoms with Gasteiger partial charge in [0, 0.05) is 17.8 Å². The Morgan fingerprint density at radius 1 is 1.23 bits per heavy atom. The topological polar surface area (TPSA) is 60.4 Å². The highest BCUT2D eigenvalue weighted by atomic mass is 16.5. The van der Waals surface area contributed by atoms with E-state index in [9.17, 15) is 14.4 Å². The van der Waals surface area contributed by atoms with Crippen LogP contribution in [0.15, 0.2) is 0 Å². The second kappa shape index (κ2) is 6.13. The fraction of sp³-hybridized carbons (Fsp3) is 0.833. The summed E-state index contributed by atoms with van der Waals surface area (Å²) < 4.78 is 5.03. The summed E-state index contributed by atoms with van der Waals surface area (Å²) in [7, 11) is 1.43. The molecule has 22 heavy (non-hydrogen) atoms. The molecule has 0 amide bonds. The molecular weight excluding hydrogens is 280 g/mol. The normalized spacial score (nSPS) is 38.3. The quantitative estimate of drug-likeness (QED) is 0.747. The third-order valence-corrected chi connectivity index (χ3v) is 6.16. The van der Waals surface area contributed by atoms with E-state index in [-0.39, 0.29) is 29.4 Å². The lowest BCUT2D eigenvalue weighted by atomic mass is 9.49. The van der Waals surface area contributed by atoms with Crippen LogP contribution in [0.25, 0.3) is 0 Å². The van der Waals surface area contributed by atoms with E-state index >= 15 is 0 Å². The predicted molar refractivity (Wildman–Crippen MR) is 83.2 cm³/mol. The molecule has 0 heterocycles. The van der Waals surface area contributed by atoms with Crippen LogP contribution in [0.4, 0.5) is 0 Å². The van der Waals surface area contributed by atoms with Gasteiger partial charge in [-0.05, 0) is 51.9 Å². The van der Waals surface area contributed by atoms with Gasteiger partial charge in [-0.15, -0.1) is 0 Å². The molecule has 2 saturated carbocycles. The lowest BCUT2D eigenvalue weighted by Gasteiger charge is -2.53. The standard InChI is InChI=1S/C18H28O4/c1-12(19)6-7-13-8-9-14-17(2,15(13)20)10-5-11-18(14,3)16(21)22-4/h13-14H,5-11H2,1-4H3/t13-,14-,17+,18+/m0/s1. The first-order valence-corrected chi connectivity index (χ1v) is 8.38. The summed E-state index contributed by atoms with van der Waals surface area (Å²) in [4.78, 5) is 36.6. The number of carbonyl (C=O) groups is 3. The first-order chi connectivity index (χ1) is 10.3. The maximum atomic E-state index is 13.0. The van der Waals surface area contributed by atoms with Gasteiger partial charge in [-0.2, -0.15) is 0 Å². The molecule has 4 nitrogen and oxygen atoms in total. The average molecular weight is 308 g/mol. The SMILES string of the molecule is COC(=O)[C@]1(C)CCC[C@@]2(C)C(=O)[C@@H](CCC(C)=O)CC[C@H]12. The molecule has 0 bridgehead atoms. The van der Waals surface area contributed by atoms with Crippen molar-refractivity contribution in [2.45, 2.75) is 65.7 Å². The third kappa shape index (κ3) is 2.72. The highest BCUT2D eigenvalue weighted by molar-refractivity contribution is 5.90. The molecule has 0 aromatic heterocycles. The summed E-state index contributed by atoms with van der Waals surface area (Å²) in [6.45, 7) is 5.57. The van der Waals surface area contributed by atoms with Gasteiger partial charge in [0.05, 0.1) is 12.5 Å². The smallest absolute Gasteiger partial charge is 0.311 e. The molecule has 2 aliphatic rings. The van der Waals surface area contributed by atoms with Crippen molar-refractivity contribution in [2.24, 2.45) is 22.7 Å². The van der Waals surface area contributed by atoms with E-state index in [1.54, 1.807) is 6.92 Å². The first-order valence-electron chi connectivity index (χ1n) is 8.38. The number of hydrogen-bond donors (Lipinski definition) is 0. The largest absolute Gasteiger partial charge is 0.469 e. The molecule has 0 unspecified atom stereocenters. The van der Waals surface area contributed by atoms with Crippen LogP contribution in [0.5, 0.6) is 0 Å². The Bertz CT molecular complexity index is 483. The number of esters is 1. The zero-order valence-electron chi connectivity index (χ0n) is 14.2. The molecule has 0 spiro atoms. The Morgan fingerprint density at radius 3 is 2.50 bits per heavy atom. The molecule has 2 aliphatic carbocycles. The zero-order chi connectivity index (χ0) is 16.5. The Balaban J connectivity index is 2.23. The first kappa shape index (κ1) is 17.2. The minimum absolute atomic E-state index is 0.0230. The van der Waals surface area contributed by atoms with Crippen molar-refractivity contribution < 1.29 is 19.1 Å². The molecule has 2 fully saturated rings. The summed E-state index contributed by atoms with van der Waals surface area (Å²) in [5.41, 5.74) is -0.996. The van der Waals surface area contributed by atoms with Gasteiger partial charge in [-0.1, -0.05) is 13.3 Å². The minimum atomic E-state index is -0.553. The van der Waals surface area contributed by atoms with E-state index in [0.29, 0.717) is 12.8 Å². The Kier molecular flexibility index (Phi) is 4.78. The number of methoxy groups -OCH3 is 1. The fourth-order valence-electron chi connectivity index (χ4n) is 4.90. The Labute approximate surface area is 133 Å². The van der Waals surface area contributed by atoms with Crippen LogP contribution < -0.4 is 0 Å². The summed E-state index contributed by atoms with van der Waals surface area (Å²) in [5, 5.41) is 0. The van der Waals surface area contributed by atoms with Crippen LogP contribution in [0.1, 0.15) is 65.7 Å². The van der Waals surface area contributed by atoms with Crippen molar-refractivity contribution in [1.29, 1.82) is 0 Å². The van der Waals surface area contributed by atoms with Gasteiger partial charge in [0.1, 0.15) is 11.6 Å². The molecule has 124 valence electrons. The lowest BCUT2D eigenvalue weighted by Crippen LogP contribution is -2.55. The van der Waals surface area contributed by atoms with Gasteiger partial charge in [0.15, 0.2) is 0 Å². The monoisotopic (exact) mass is 308 g/mol. The Hall–Kier alpha value is -1.19. The molecule has 4 heteroatoms. The highest BCUT2D eigenvalue weighted by Gasteiger charge is 2.58. The fourth-order valence-corrected chi connectivity index (χ4v) is 4.90. The van der Waals surface area contributed by atoms with E-state index in [2.05, 4.69) is 0 Å². The zero-order valence-corrected chi connectivity index (χ0v) is 14.2. The maximum absolute atomic E-state index is 13.0. The predicted octanol–water partition coefficient (Wildman–Crippen LogP) is 3.32. The number of fused-ring (bicyclic) bond motifs is 1. The van der Waals surface area contributed by atoms with E-state index in [1.807, 2.05) is 13.8 Å². The molecule has 0 aromatic carbocycles. The van der Waals surface area contributed by atoms with Crippen molar-refractivity contribution in [3.63, 3.8) is 0 Å². The molecule has 0 radical (unpaired) electrons. The van der Waals surface area contributed by atoms with E-state index in [0.717, 1.165) is 32.1 Å². The number of ketones is 2. The van der Waals surface area contributed by atoms with E-state index in [1.165, 1.54) is 7.11 Å². The van der Waals surface area contributed by atoms with Crippen LogP contribution in [0.3, 0.4) is 0 Å². The second-order valence-electron chi connectivity index (χ2n) is 7.61. The maximum Gasteiger partial charge on any atom is 0.311 e. The summed E-state index contributed by atoms with van der Waals surface area (Å²) >= 11 is 0. The van der Waals surface area contributed by atoms with E-state index < -0.39 is 10.8 Å². The number of carbonyl (C=O) groups excluding carboxylic acids is 3. The molecule has 4 atom stereocenters. The van der Waals surface area contributed by atoms with Crippen molar-refractivity contribution in [1.82, 2.24) is 0 Å². The second-order valence-corrected chi connectivity index (χ2v) is 7.61. The van der Waals surface area contributed by atoms with Gasteiger partial charge < -0.3 is 9.53 Å². The van der Waals surface area contributed by atoms with Crippen LogP contribution in [-0.2, 0) is 19.1 Å². The van der Waals surface area contributed by atoms with Crippen molar-refractivity contribution in [2.75, 3.05) is 7.11 Å². The van der Waals surface area contributed by atoms with Crippen LogP contribution in [0.2, 0.25) is 0 Å². The van der Waals surface area contributed by atoms with Crippen LogP contribution in [-0.4, -0.2) is 24.6 Å². The average Bonchev–Trinajstić information content (AvgIpc) is 2.47. The number of Topliss-reactive ketones (excluding diaryl/α,β-unsaturated/α-hetero) is 2. The van der Waals surface area contributed by atoms with Crippen molar-refractivity contribution in [3.8, 4) is 0 Å². The van der Waals surface area contributed by atoms with Gasteiger partial charge in [-0.25, -0.2) is 0 Å². The summed E-state index contributed by atoms with van der Waals surface area (Å²) in [5.74, 6) is 0.258. The summed E-state index contributed by atoms with van der Waals surface area (Å²) in [6.07, 6.45) is 5.32. The molecule has 0 aliphatic heterocycles. The van der Waals surface area contributed by atoms with Crippen molar-refractivity contribution >= 4 is 17.5 Å². The molecule has 0 N–H and O–H groups in total. The summed E-state index contributed by atoms with van der Waals surface area (Å²) in [6, 6.07) is 0. The van der Waals surface area contributed by atoms with Gasteiger partial charge in [-0.3, -0.25) is 9.59 Å². The number of hydrogen-bond acceptors (Lipinski definition) is 4. The lowest BCUT2D eigenvalue weighted by molar-refractivity contribution is -0.171. The van der Waals surface area contributed by atoms with E-state index in [4.69, 9.17) is 4.74 Å². The van der Waals surface area contributed by atoms with Gasteiger partial charge in [0.2, 0.25) is 0 Å². The number of rotatable bonds is 4. The third-order valence-electron chi connectivity index (χ3n) is 6.16. The van der Waals surface area contributed by atoms with Gasteiger partial charge in [0.25, 0.3) is 0 Å². The molecule has 2 rings (SSSR count). The van der Waals surface area contributed by atoms with Crippen LogP contribution >= 0.6 is 0 Å². The highest BCUT2D eigenvalue weighted by Crippen LogP contribution is 2.58. The molecule has 0 saturated heterocycles. The van der Waals surface area contributed by atoms with Crippen molar-refractivity contribution in [3.05, 3.63) is 0 Å².